The number of halogens is 7. The van der Waals surface area contributed by atoms with Gasteiger partial charge >= 0.3 is 12.5 Å². The number of amides is 1. The summed E-state index contributed by atoms with van der Waals surface area (Å²) in [6, 6.07) is 4.90. The number of aromatic nitrogens is 2. The van der Waals surface area contributed by atoms with Crippen LogP contribution in [0.1, 0.15) is 33.9 Å². The number of carbonyl (C=O) groups is 1. The molecule has 1 aromatic carbocycles. The first-order chi connectivity index (χ1) is 15.4. The van der Waals surface area contributed by atoms with Gasteiger partial charge in [0.2, 0.25) is 0 Å². The highest BCUT2D eigenvalue weighted by Crippen LogP contribution is 2.46. The van der Waals surface area contributed by atoms with Crippen LogP contribution in [0.3, 0.4) is 0 Å². The van der Waals surface area contributed by atoms with Gasteiger partial charge in [-0.05, 0) is 35.7 Å². The SMILES string of the molecule is O=C(Nc1ccc(OC(F)(F)F)cc1)c1nn2c(c1Cl)N[C@@H](c1cccs1)C[C@H]2C(F)(F)F. The lowest BCUT2D eigenvalue weighted by molar-refractivity contribution is -0.274. The summed E-state index contributed by atoms with van der Waals surface area (Å²) in [5.74, 6) is -1.59. The quantitative estimate of drug-likeness (QED) is 0.398. The van der Waals surface area contributed by atoms with Crippen molar-refractivity contribution in [2.75, 3.05) is 10.6 Å². The Labute approximate surface area is 191 Å². The number of rotatable bonds is 4. The molecule has 0 radical (unpaired) electrons. The minimum absolute atomic E-state index is 0.0633. The third-order valence-corrected chi connectivity index (χ3v) is 6.09. The molecule has 1 amide bonds. The van der Waals surface area contributed by atoms with E-state index >= 15 is 0 Å². The number of anilines is 2. The van der Waals surface area contributed by atoms with Gasteiger partial charge in [-0.2, -0.15) is 18.3 Å². The van der Waals surface area contributed by atoms with Crippen LogP contribution in [0.25, 0.3) is 0 Å². The molecule has 0 saturated heterocycles. The van der Waals surface area contributed by atoms with Crippen LogP contribution in [0.15, 0.2) is 41.8 Å². The maximum absolute atomic E-state index is 13.8. The summed E-state index contributed by atoms with van der Waals surface area (Å²) >= 11 is 7.51. The van der Waals surface area contributed by atoms with Crippen LogP contribution in [0.2, 0.25) is 5.02 Å². The van der Waals surface area contributed by atoms with E-state index in [4.69, 9.17) is 11.6 Å². The minimum atomic E-state index is -4.88. The fourth-order valence-corrected chi connectivity index (χ4v) is 4.40. The van der Waals surface area contributed by atoms with E-state index in [-0.39, 0.29) is 22.9 Å². The lowest BCUT2D eigenvalue weighted by atomic mass is 10.0. The number of benzene rings is 1. The molecule has 1 aliphatic rings. The van der Waals surface area contributed by atoms with Crippen LogP contribution in [0.5, 0.6) is 5.75 Å². The average Bonchev–Trinajstić information content (AvgIpc) is 3.36. The fraction of sp³-hybridized carbons (Fsp3) is 0.263. The van der Waals surface area contributed by atoms with Gasteiger partial charge in [-0.15, -0.1) is 24.5 Å². The van der Waals surface area contributed by atoms with Gasteiger partial charge in [-0.3, -0.25) is 4.79 Å². The third kappa shape index (κ3) is 5.03. The standard InChI is InChI=1S/C19H13ClF6N4O2S/c20-14-15(17(31)27-9-3-5-10(6-4-9)32-19(24,25)26)29-30-13(18(21,22)23)8-11(28-16(14)30)12-2-1-7-33-12/h1-7,11,13,28H,8H2,(H,27,31)/t11-,13+/m1/s1. The Kier molecular flexibility index (Phi) is 5.95. The van der Waals surface area contributed by atoms with Crippen molar-refractivity contribution in [2.24, 2.45) is 0 Å². The van der Waals surface area contributed by atoms with Crippen molar-refractivity contribution < 1.29 is 35.9 Å². The number of carbonyl (C=O) groups excluding carboxylic acids is 1. The van der Waals surface area contributed by atoms with Gasteiger partial charge in [0, 0.05) is 17.0 Å². The first-order valence-corrected chi connectivity index (χ1v) is 10.5. The highest BCUT2D eigenvalue weighted by atomic mass is 35.5. The van der Waals surface area contributed by atoms with E-state index in [1.54, 1.807) is 17.5 Å². The number of hydrogen-bond donors (Lipinski definition) is 2. The van der Waals surface area contributed by atoms with Gasteiger partial charge in [0.1, 0.15) is 16.6 Å². The molecule has 0 bridgehead atoms. The van der Waals surface area contributed by atoms with Crippen molar-refractivity contribution in [1.82, 2.24) is 9.78 Å². The summed E-state index contributed by atoms with van der Waals surface area (Å²) in [7, 11) is 0. The molecule has 1 aliphatic heterocycles. The minimum Gasteiger partial charge on any atom is -0.406 e. The zero-order valence-electron chi connectivity index (χ0n) is 16.2. The fourth-order valence-electron chi connectivity index (χ4n) is 3.34. The number of fused-ring (bicyclic) bond motifs is 1. The van der Waals surface area contributed by atoms with Crippen LogP contribution in [-0.2, 0) is 0 Å². The maximum atomic E-state index is 13.8. The summed E-state index contributed by atoms with van der Waals surface area (Å²) in [5.41, 5.74) is -0.399. The van der Waals surface area contributed by atoms with E-state index in [0.717, 1.165) is 24.3 Å². The highest BCUT2D eigenvalue weighted by molar-refractivity contribution is 7.10. The van der Waals surface area contributed by atoms with Gasteiger partial charge in [0.15, 0.2) is 11.7 Å². The van der Waals surface area contributed by atoms with E-state index in [9.17, 15) is 31.1 Å². The molecule has 4 rings (SSSR count). The van der Waals surface area contributed by atoms with Crippen molar-refractivity contribution in [3.8, 4) is 5.75 Å². The zero-order valence-corrected chi connectivity index (χ0v) is 17.7. The summed E-state index contributed by atoms with van der Waals surface area (Å²) in [6.45, 7) is 0. The Balaban J connectivity index is 1.59. The monoisotopic (exact) mass is 510 g/mol. The normalized spacial score (nSPS) is 18.4. The number of hydrogen-bond acceptors (Lipinski definition) is 5. The Morgan fingerprint density at radius 2 is 1.88 bits per heavy atom. The second-order valence-electron chi connectivity index (χ2n) is 6.99. The molecule has 2 aromatic heterocycles. The summed E-state index contributed by atoms with van der Waals surface area (Å²) in [5, 5.41) is 10.5. The molecule has 0 aliphatic carbocycles. The molecule has 33 heavy (non-hydrogen) atoms. The number of nitrogens with zero attached hydrogens (tertiary/aromatic N) is 2. The predicted molar refractivity (Wildman–Crippen MR) is 109 cm³/mol. The van der Waals surface area contributed by atoms with Gasteiger partial charge in [-0.25, -0.2) is 4.68 Å². The smallest absolute Gasteiger partial charge is 0.406 e. The Hall–Kier alpha value is -2.93. The summed E-state index contributed by atoms with van der Waals surface area (Å²) in [4.78, 5) is 13.3. The summed E-state index contributed by atoms with van der Waals surface area (Å²) in [6.07, 6.45) is -9.88. The molecule has 176 valence electrons. The first-order valence-electron chi connectivity index (χ1n) is 9.24. The molecule has 0 fully saturated rings. The van der Waals surface area contributed by atoms with Crippen LogP contribution >= 0.6 is 22.9 Å². The van der Waals surface area contributed by atoms with E-state index in [1.807, 2.05) is 0 Å². The Bertz CT molecular complexity index is 1140. The topological polar surface area (TPSA) is 68.2 Å². The molecule has 0 unspecified atom stereocenters. The van der Waals surface area contributed by atoms with Gasteiger partial charge in [0.25, 0.3) is 5.91 Å². The predicted octanol–water partition coefficient (Wildman–Crippen LogP) is 6.41. The Morgan fingerprint density at radius 3 is 2.45 bits per heavy atom. The molecule has 14 heteroatoms. The molecule has 0 spiro atoms. The van der Waals surface area contributed by atoms with E-state index in [0.29, 0.717) is 9.56 Å². The number of nitrogens with one attached hydrogen (secondary N) is 2. The zero-order chi connectivity index (χ0) is 24.0. The lowest BCUT2D eigenvalue weighted by Gasteiger charge is -2.32. The van der Waals surface area contributed by atoms with Crippen molar-refractivity contribution in [1.29, 1.82) is 0 Å². The van der Waals surface area contributed by atoms with E-state index < -0.39 is 42.0 Å². The lowest BCUT2D eigenvalue weighted by Crippen LogP contribution is -2.35. The van der Waals surface area contributed by atoms with Gasteiger partial charge < -0.3 is 15.4 Å². The molecule has 6 nitrogen and oxygen atoms in total. The van der Waals surface area contributed by atoms with Crippen molar-refractivity contribution in [2.45, 2.75) is 31.0 Å². The average molecular weight is 511 g/mol. The van der Waals surface area contributed by atoms with Gasteiger partial charge in [0.05, 0.1) is 6.04 Å². The van der Waals surface area contributed by atoms with Gasteiger partial charge in [-0.1, -0.05) is 17.7 Å². The maximum Gasteiger partial charge on any atom is 0.573 e. The summed E-state index contributed by atoms with van der Waals surface area (Å²) < 4.78 is 82.4. The number of alkyl halides is 6. The number of thiophene rings is 1. The van der Waals surface area contributed by atoms with E-state index in [1.165, 1.54) is 11.3 Å². The Morgan fingerprint density at radius 1 is 1.18 bits per heavy atom. The van der Waals surface area contributed by atoms with Crippen LogP contribution in [0, 0.1) is 0 Å². The second-order valence-corrected chi connectivity index (χ2v) is 8.34. The molecule has 2 N–H and O–H groups in total. The molecule has 3 heterocycles. The number of ether oxygens (including phenoxy) is 1. The second kappa shape index (κ2) is 8.45. The first kappa shape index (κ1) is 23.2. The highest BCUT2D eigenvalue weighted by Gasteiger charge is 2.48. The van der Waals surface area contributed by atoms with Crippen LogP contribution in [0.4, 0.5) is 37.8 Å². The van der Waals surface area contributed by atoms with E-state index in [2.05, 4.69) is 20.5 Å². The molecule has 2 atom stereocenters. The van der Waals surface area contributed by atoms with Crippen LogP contribution in [-0.4, -0.2) is 28.2 Å². The third-order valence-electron chi connectivity index (χ3n) is 4.74. The molecular formula is C19H13ClF6N4O2S. The largest absolute Gasteiger partial charge is 0.573 e. The molecule has 0 saturated carbocycles. The van der Waals surface area contributed by atoms with Crippen molar-refractivity contribution >= 4 is 40.4 Å². The molecular weight excluding hydrogens is 498 g/mol. The van der Waals surface area contributed by atoms with Crippen LogP contribution < -0.4 is 15.4 Å². The van der Waals surface area contributed by atoms with Crippen molar-refractivity contribution in [3.63, 3.8) is 0 Å². The van der Waals surface area contributed by atoms with Crippen molar-refractivity contribution in [3.05, 3.63) is 57.4 Å². The molecule has 3 aromatic rings.